The fraction of sp³-hybridized carbons (Fsp3) is 0.650. The maximum atomic E-state index is 12.9. The minimum absolute atomic E-state index is 0. The van der Waals surface area contributed by atoms with Gasteiger partial charge in [-0.3, -0.25) is 4.99 Å². The monoisotopic (exact) mass is 494 g/mol. The molecular formula is C20H36FIN4O. The van der Waals surface area contributed by atoms with Gasteiger partial charge in [-0.25, -0.2) is 4.39 Å². The standard InChI is InChI=1S/C20H35FN4O.HI/c1-6-25(7-2)14-8-9-16(3)24-20(22-5)23-15-17(4)26-19-12-10-18(21)11-13-19;/h10-13,16-17H,6-9,14-15H2,1-5H3,(H2,22,23,24);1H. The Hall–Kier alpha value is -1.09. The Kier molecular flexibility index (Phi) is 14.3. The lowest BCUT2D eigenvalue weighted by molar-refractivity contribution is 0.223. The van der Waals surface area contributed by atoms with Crippen molar-refractivity contribution < 1.29 is 9.13 Å². The van der Waals surface area contributed by atoms with Gasteiger partial charge in [-0.05, 0) is 70.6 Å². The van der Waals surface area contributed by atoms with E-state index in [1.807, 2.05) is 6.92 Å². The van der Waals surface area contributed by atoms with Crippen molar-refractivity contribution in [3.63, 3.8) is 0 Å². The molecule has 0 aliphatic carbocycles. The van der Waals surface area contributed by atoms with Crippen molar-refractivity contribution in [1.29, 1.82) is 0 Å². The molecule has 2 N–H and O–H groups in total. The Balaban J connectivity index is 0.00000676. The van der Waals surface area contributed by atoms with Crippen molar-refractivity contribution in [2.45, 2.75) is 52.7 Å². The number of nitrogens with one attached hydrogen (secondary N) is 2. The van der Waals surface area contributed by atoms with E-state index in [2.05, 4.69) is 41.3 Å². The first-order valence-corrected chi connectivity index (χ1v) is 9.60. The highest BCUT2D eigenvalue weighted by molar-refractivity contribution is 14.0. The van der Waals surface area contributed by atoms with Crippen molar-refractivity contribution in [2.75, 3.05) is 33.2 Å². The van der Waals surface area contributed by atoms with Crippen LogP contribution in [0.4, 0.5) is 4.39 Å². The van der Waals surface area contributed by atoms with Gasteiger partial charge in [-0.1, -0.05) is 13.8 Å². The molecule has 1 aromatic carbocycles. The molecule has 2 unspecified atom stereocenters. The Morgan fingerprint density at radius 2 is 1.81 bits per heavy atom. The van der Waals surface area contributed by atoms with Gasteiger partial charge in [0.2, 0.25) is 0 Å². The van der Waals surface area contributed by atoms with Crippen LogP contribution < -0.4 is 15.4 Å². The summed E-state index contributed by atoms with van der Waals surface area (Å²) in [6.45, 7) is 12.5. The van der Waals surface area contributed by atoms with E-state index in [0.29, 0.717) is 18.3 Å². The van der Waals surface area contributed by atoms with E-state index < -0.39 is 0 Å². The number of nitrogens with zero attached hydrogens (tertiary/aromatic N) is 2. The van der Waals surface area contributed by atoms with Gasteiger partial charge in [0, 0.05) is 13.1 Å². The summed E-state index contributed by atoms with van der Waals surface area (Å²) in [5, 5.41) is 6.70. The van der Waals surface area contributed by atoms with Crippen LogP contribution in [0.5, 0.6) is 5.75 Å². The van der Waals surface area contributed by atoms with E-state index in [1.54, 1.807) is 19.2 Å². The lowest BCUT2D eigenvalue weighted by Crippen LogP contribution is -2.45. The van der Waals surface area contributed by atoms with Crippen molar-refractivity contribution in [2.24, 2.45) is 4.99 Å². The predicted octanol–water partition coefficient (Wildman–Crippen LogP) is 3.89. The van der Waals surface area contributed by atoms with Crippen LogP contribution in [0.2, 0.25) is 0 Å². The molecule has 27 heavy (non-hydrogen) atoms. The van der Waals surface area contributed by atoms with Crippen LogP contribution in [0.25, 0.3) is 0 Å². The van der Waals surface area contributed by atoms with E-state index in [-0.39, 0.29) is 35.9 Å². The molecule has 0 heterocycles. The van der Waals surface area contributed by atoms with Gasteiger partial charge in [0.25, 0.3) is 0 Å². The fourth-order valence-electron chi connectivity index (χ4n) is 2.69. The third-order valence-electron chi connectivity index (χ3n) is 4.32. The van der Waals surface area contributed by atoms with Crippen LogP contribution in [-0.2, 0) is 0 Å². The highest BCUT2D eigenvalue weighted by Gasteiger charge is 2.09. The van der Waals surface area contributed by atoms with Crippen LogP contribution in [0.3, 0.4) is 0 Å². The molecule has 0 aliphatic rings. The maximum absolute atomic E-state index is 12.9. The SMILES string of the molecule is CCN(CC)CCCC(C)NC(=NC)NCC(C)Oc1ccc(F)cc1.I. The Bertz CT molecular complexity index is 523. The second kappa shape index (κ2) is 14.9. The summed E-state index contributed by atoms with van der Waals surface area (Å²) < 4.78 is 18.7. The Labute approximate surface area is 181 Å². The number of hydrogen-bond donors (Lipinski definition) is 2. The summed E-state index contributed by atoms with van der Waals surface area (Å²) in [7, 11) is 1.77. The van der Waals surface area contributed by atoms with Gasteiger partial charge in [0.15, 0.2) is 5.96 Å². The van der Waals surface area contributed by atoms with E-state index in [9.17, 15) is 4.39 Å². The zero-order chi connectivity index (χ0) is 19.4. The van der Waals surface area contributed by atoms with Crippen molar-refractivity contribution in [3.05, 3.63) is 30.1 Å². The molecular weight excluding hydrogens is 458 g/mol. The predicted molar refractivity (Wildman–Crippen MR) is 123 cm³/mol. The molecule has 0 spiro atoms. The molecule has 0 bridgehead atoms. The summed E-state index contributed by atoms with van der Waals surface area (Å²) in [6.07, 6.45) is 2.20. The van der Waals surface area contributed by atoms with Crippen LogP contribution in [0.15, 0.2) is 29.3 Å². The number of hydrogen-bond acceptors (Lipinski definition) is 3. The minimum atomic E-state index is -0.261. The summed E-state index contributed by atoms with van der Waals surface area (Å²) in [5.74, 6) is 1.17. The molecule has 2 atom stereocenters. The lowest BCUT2D eigenvalue weighted by atomic mass is 10.2. The van der Waals surface area contributed by atoms with E-state index in [4.69, 9.17) is 4.74 Å². The summed E-state index contributed by atoms with van der Waals surface area (Å²) >= 11 is 0. The number of rotatable bonds is 11. The summed E-state index contributed by atoms with van der Waals surface area (Å²) in [5.41, 5.74) is 0. The van der Waals surface area contributed by atoms with E-state index in [0.717, 1.165) is 38.4 Å². The first kappa shape index (κ1) is 25.9. The molecule has 0 aliphatic heterocycles. The van der Waals surface area contributed by atoms with Crippen molar-refractivity contribution >= 4 is 29.9 Å². The summed E-state index contributed by atoms with van der Waals surface area (Å²) in [4.78, 5) is 6.71. The topological polar surface area (TPSA) is 48.9 Å². The van der Waals surface area contributed by atoms with Gasteiger partial charge in [0.05, 0.1) is 6.54 Å². The van der Waals surface area contributed by atoms with Crippen LogP contribution in [0, 0.1) is 5.82 Å². The second-order valence-electron chi connectivity index (χ2n) is 6.55. The third-order valence-corrected chi connectivity index (χ3v) is 4.32. The van der Waals surface area contributed by atoms with Gasteiger partial charge < -0.3 is 20.3 Å². The van der Waals surface area contributed by atoms with E-state index in [1.165, 1.54) is 12.1 Å². The molecule has 1 aromatic rings. The molecule has 156 valence electrons. The highest BCUT2D eigenvalue weighted by Crippen LogP contribution is 2.12. The zero-order valence-corrected chi connectivity index (χ0v) is 19.6. The van der Waals surface area contributed by atoms with Crippen LogP contribution >= 0.6 is 24.0 Å². The quantitative estimate of drug-likeness (QED) is 0.279. The Morgan fingerprint density at radius 3 is 2.37 bits per heavy atom. The van der Waals surface area contributed by atoms with Gasteiger partial charge in [-0.15, -0.1) is 24.0 Å². The summed E-state index contributed by atoms with van der Waals surface area (Å²) in [6, 6.07) is 6.42. The lowest BCUT2D eigenvalue weighted by Gasteiger charge is -2.22. The Morgan fingerprint density at radius 1 is 1.19 bits per heavy atom. The molecule has 1 rings (SSSR count). The second-order valence-corrected chi connectivity index (χ2v) is 6.55. The average molecular weight is 494 g/mol. The highest BCUT2D eigenvalue weighted by atomic mass is 127. The molecule has 0 saturated heterocycles. The molecule has 0 amide bonds. The van der Waals surface area contributed by atoms with Gasteiger partial charge in [0.1, 0.15) is 17.7 Å². The molecule has 5 nitrogen and oxygen atoms in total. The largest absolute Gasteiger partial charge is 0.489 e. The number of ether oxygens (including phenoxy) is 1. The maximum Gasteiger partial charge on any atom is 0.191 e. The van der Waals surface area contributed by atoms with Crippen molar-refractivity contribution in [1.82, 2.24) is 15.5 Å². The average Bonchev–Trinajstić information content (AvgIpc) is 2.64. The van der Waals surface area contributed by atoms with E-state index >= 15 is 0 Å². The first-order chi connectivity index (χ1) is 12.5. The number of aliphatic imine (C=N–C) groups is 1. The van der Waals surface area contributed by atoms with Crippen molar-refractivity contribution in [3.8, 4) is 5.75 Å². The molecule has 0 fully saturated rings. The smallest absolute Gasteiger partial charge is 0.191 e. The van der Waals surface area contributed by atoms with Gasteiger partial charge >= 0.3 is 0 Å². The molecule has 0 radical (unpaired) electrons. The zero-order valence-electron chi connectivity index (χ0n) is 17.3. The number of halogens is 2. The molecule has 7 heteroatoms. The third kappa shape index (κ3) is 11.4. The van der Waals surface area contributed by atoms with Crippen LogP contribution in [-0.4, -0.2) is 56.2 Å². The fourth-order valence-corrected chi connectivity index (χ4v) is 2.69. The normalized spacial score (nSPS) is 13.7. The van der Waals surface area contributed by atoms with Crippen LogP contribution in [0.1, 0.15) is 40.5 Å². The first-order valence-electron chi connectivity index (χ1n) is 9.60. The molecule has 0 saturated carbocycles. The van der Waals surface area contributed by atoms with Gasteiger partial charge in [-0.2, -0.15) is 0 Å². The number of guanidine groups is 1. The minimum Gasteiger partial charge on any atom is -0.489 e. The molecule has 0 aromatic heterocycles. The number of benzene rings is 1.